The van der Waals surface area contributed by atoms with Crippen molar-refractivity contribution < 1.29 is 24.2 Å². The molecular formula is C25H30N2O5. The molecule has 0 aliphatic carbocycles. The first-order valence-corrected chi connectivity index (χ1v) is 10.7. The predicted octanol–water partition coefficient (Wildman–Crippen LogP) is 4.68. The van der Waals surface area contributed by atoms with Gasteiger partial charge in [-0.15, -0.1) is 0 Å². The second kappa shape index (κ2) is 9.53. The molecule has 1 fully saturated rings. The van der Waals surface area contributed by atoms with E-state index < -0.39 is 11.4 Å². The molecule has 2 unspecified atom stereocenters. The van der Waals surface area contributed by atoms with Crippen LogP contribution in [0, 0.1) is 5.41 Å². The van der Waals surface area contributed by atoms with Gasteiger partial charge in [-0.3, -0.25) is 9.59 Å². The summed E-state index contributed by atoms with van der Waals surface area (Å²) < 4.78 is 5.67. The van der Waals surface area contributed by atoms with Gasteiger partial charge in [0.05, 0.1) is 17.6 Å². The number of hydrogen-bond acceptors (Lipinski definition) is 4. The Morgan fingerprint density at radius 2 is 1.47 bits per heavy atom. The number of hydrogen-bond donors (Lipinski definition) is 2. The molecule has 2 aromatic rings. The third kappa shape index (κ3) is 5.73. The number of nitrogens with one attached hydrogen (secondary N) is 1. The smallest absolute Gasteiger partial charge is 0.322 e. The third-order valence-corrected chi connectivity index (χ3v) is 5.56. The molecule has 2 N–H and O–H groups in total. The maximum Gasteiger partial charge on any atom is 0.322 e. The van der Waals surface area contributed by atoms with Gasteiger partial charge in [-0.25, -0.2) is 4.79 Å². The van der Waals surface area contributed by atoms with Crippen molar-refractivity contribution in [2.24, 2.45) is 5.41 Å². The molecule has 1 heterocycles. The number of amides is 2. The highest BCUT2D eigenvalue weighted by Crippen LogP contribution is 2.26. The van der Waals surface area contributed by atoms with Crippen LogP contribution in [0.1, 0.15) is 44.5 Å². The van der Waals surface area contributed by atoms with Crippen LogP contribution in [0.25, 0.3) is 11.1 Å². The number of nitrogens with zero attached hydrogens (tertiary/aromatic N) is 1. The van der Waals surface area contributed by atoms with Gasteiger partial charge in [-0.05, 0) is 51.0 Å². The van der Waals surface area contributed by atoms with Crippen molar-refractivity contribution in [3.63, 3.8) is 0 Å². The summed E-state index contributed by atoms with van der Waals surface area (Å²) in [6.07, 6.45) is -0.0367. The van der Waals surface area contributed by atoms with E-state index in [-0.39, 0.29) is 30.4 Å². The van der Waals surface area contributed by atoms with Gasteiger partial charge in [-0.2, -0.15) is 0 Å². The Kier molecular flexibility index (Phi) is 6.99. The fraction of sp³-hybridized carbons (Fsp3) is 0.400. The molecule has 7 nitrogen and oxygen atoms in total. The molecule has 0 saturated carbocycles. The fourth-order valence-corrected chi connectivity index (χ4v) is 3.72. The first-order chi connectivity index (χ1) is 15.0. The molecule has 0 bridgehead atoms. The Morgan fingerprint density at radius 1 is 0.969 bits per heavy atom. The molecule has 1 saturated heterocycles. The summed E-state index contributed by atoms with van der Waals surface area (Å²) >= 11 is 0. The normalized spacial score (nSPS) is 18.8. The molecule has 0 aromatic heterocycles. The minimum absolute atomic E-state index is 0.0110. The first-order valence-electron chi connectivity index (χ1n) is 10.7. The van der Waals surface area contributed by atoms with E-state index in [0.29, 0.717) is 24.3 Å². The number of morpholine rings is 1. The lowest BCUT2D eigenvalue weighted by molar-refractivity contribution is -0.146. The van der Waals surface area contributed by atoms with Gasteiger partial charge in [-0.1, -0.05) is 36.4 Å². The summed E-state index contributed by atoms with van der Waals surface area (Å²) in [5, 5.41) is 12.1. The van der Waals surface area contributed by atoms with Crippen molar-refractivity contribution in [3.05, 3.63) is 54.1 Å². The zero-order valence-electron chi connectivity index (χ0n) is 18.9. The number of aliphatic carboxylic acids is 1. The number of carbonyl (C=O) groups excluding carboxylic acids is 2. The summed E-state index contributed by atoms with van der Waals surface area (Å²) in [5.74, 6) is -1.19. The van der Waals surface area contributed by atoms with Crippen LogP contribution in [0.5, 0.6) is 0 Å². The molecule has 0 spiro atoms. The topological polar surface area (TPSA) is 95.9 Å². The Labute approximate surface area is 188 Å². The number of carboxylic acids is 1. The molecule has 1 aliphatic heterocycles. The van der Waals surface area contributed by atoms with Crippen LogP contribution < -0.4 is 5.32 Å². The van der Waals surface area contributed by atoms with Gasteiger partial charge < -0.3 is 20.1 Å². The van der Waals surface area contributed by atoms with Gasteiger partial charge >= 0.3 is 12.0 Å². The summed E-state index contributed by atoms with van der Waals surface area (Å²) in [5.41, 5.74) is 1.95. The van der Waals surface area contributed by atoms with E-state index in [0.717, 1.165) is 11.1 Å². The van der Waals surface area contributed by atoms with Gasteiger partial charge in [0.1, 0.15) is 0 Å². The Morgan fingerprint density at radius 3 is 1.97 bits per heavy atom. The van der Waals surface area contributed by atoms with E-state index >= 15 is 0 Å². The van der Waals surface area contributed by atoms with Crippen LogP contribution in [0.4, 0.5) is 10.5 Å². The van der Waals surface area contributed by atoms with Crippen molar-refractivity contribution in [1.29, 1.82) is 0 Å². The van der Waals surface area contributed by atoms with Crippen LogP contribution in [-0.2, 0) is 9.53 Å². The molecule has 3 rings (SSSR count). The van der Waals surface area contributed by atoms with Crippen molar-refractivity contribution in [2.45, 2.75) is 46.3 Å². The van der Waals surface area contributed by atoms with E-state index in [9.17, 15) is 19.5 Å². The van der Waals surface area contributed by atoms with Crippen molar-refractivity contribution in [1.82, 2.24) is 4.90 Å². The Balaban J connectivity index is 1.63. The van der Waals surface area contributed by atoms with Gasteiger partial charge in [0.25, 0.3) is 0 Å². The van der Waals surface area contributed by atoms with E-state index in [1.807, 2.05) is 50.2 Å². The number of ether oxygens (including phenoxy) is 1. The summed E-state index contributed by atoms with van der Waals surface area (Å²) in [4.78, 5) is 38.0. The van der Waals surface area contributed by atoms with Crippen LogP contribution in [0.2, 0.25) is 0 Å². The fourth-order valence-electron chi connectivity index (χ4n) is 3.72. The lowest BCUT2D eigenvalue weighted by atomic mass is 9.85. The van der Waals surface area contributed by atoms with Crippen LogP contribution in [0.15, 0.2) is 48.5 Å². The molecule has 1 aliphatic rings. The van der Waals surface area contributed by atoms with Gasteiger partial charge in [0.15, 0.2) is 5.78 Å². The second-order valence-electron chi connectivity index (χ2n) is 9.04. The second-order valence-corrected chi connectivity index (χ2v) is 9.04. The Hall–Kier alpha value is -3.19. The summed E-state index contributed by atoms with van der Waals surface area (Å²) in [7, 11) is 0. The molecule has 32 heavy (non-hydrogen) atoms. The highest BCUT2D eigenvalue weighted by molar-refractivity contribution is 5.99. The molecule has 2 aromatic carbocycles. The van der Waals surface area contributed by atoms with Crippen LogP contribution in [-0.4, -0.2) is 53.1 Å². The average molecular weight is 439 g/mol. The van der Waals surface area contributed by atoms with Crippen molar-refractivity contribution in [3.8, 4) is 11.1 Å². The molecule has 7 heteroatoms. The number of anilines is 1. The number of carboxylic acid groups (broad SMARTS) is 1. The van der Waals surface area contributed by atoms with Crippen molar-refractivity contribution >= 4 is 23.5 Å². The van der Waals surface area contributed by atoms with E-state index in [4.69, 9.17) is 4.74 Å². The molecule has 2 amide bonds. The number of carbonyl (C=O) groups is 3. The monoisotopic (exact) mass is 438 g/mol. The quantitative estimate of drug-likeness (QED) is 0.639. The number of benzene rings is 2. The minimum atomic E-state index is -1.10. The summed E-state index contributed by atoms with van der Waals surface area (Å²) in [6, 6.07) is 14.5. The standard InChI is InChI=1S/C25H30N2O5/c1-16-14-27(15-17(2)32-16)24(31)26-21-11-9-19(10-12-21)18-5-7-20(8-6-18)22(28)13-25(3,4)23(29)30/h5-12,16-17H,13-15H2,1-4H3,(H,26,31)(H,29,30). The number of rotatable bonds is 6. The van der Waals surface area contributed by atoms with Crippen LogP contribution >= 0.6 is 0 Å². The third-order valence-electron chi connectivity index (χ3n) is 5.56. The number of urea groups is 1. The largest absolute Gasteiger partial charge is 0.481 e. The Bertz CT molecular complexity index is 972. The lowest BCUT2D eigenvalue weighted by Crippen LogP contribution is -2.49. The molecule has 170 valence electrons. The van der Waals surface area contributed by atoms with E-state index in [1.165, 1.54) is 0 Å². The molecule has 2 atom stereocenters. The van der Waals surface area contributed by atoms with Gasteiger partial charge in [0.2, 0.25) is 0 Å². The van der Waals surface area contributed by atoms with Crippen molar-refractivity contribution in [2.75, 3.05) is 18.4 Å². The highest BCUT2D eigenvalue weighted by atomic mass is 16.5. The number of ketones is 1. The number of Topliss-reactive ketones (excluding diaryl/α,β-unsaturated/α-hetero) is 1. The minimum Gasteiger partial charge on any atom is -0.481 e. The lowest BCUT2D eigenvalue weighted by Gasteiger charge is -2.35. The maximum absolute atomic E-state index is 12.5. The van der Waals surface area contributed by atoms with E-state index in [1.54, 1.807) is 30.9 Å². The van der Waals surface area contributed by atoms with E-state index in [2.05, 4.69) is 5.32 Å². The van der Waals surface area contributed by atoms with Crippen LogP contribution in [0.3, 0.4) is 0 Å². The average Bonchev–Trinajstić information content (AvgIpc) is 2.73. The SMILES string of the molecule is CC1CN(C(=O)Nc2ccc(-c3ccc(C(=O)CC(C)(C)C(=O)O)cc3)cc2)CC(C)O1. The summed E-state index contributed by atoms with van der Waals surface area (Å²) in [6.45, 7) is 8.11. The molecule has 0 radical (unpaired) electrons. The molecular weight excluding hydrogens is 408 g/mol. The zero-order valence-corrected chi connectivity index (χ0v) is 18.9. The maximum atomic E-state index is 12.5. The zero-order chi connectivity index (χ0) is 23.5. The highest BCUT2D eigenvalue weighted by Gasteiger charge is 2.30. The first kappa shape index (κ1) is 23.5. The van der Waals surface area contributed by atoms with Gasteiger partial charge in [0, 0.05) is 30.8 Å². The predicted molar refractivity (Wildman–Crippen MR) is 123 cm³/mol.